The van der Waals surface area contributed by atoms with Crippen molar-refractivity contribution in [2.75, 3.05) is 32.8 Å². The molecule has 0 aromatic heterocycles. The standard InChI is InChI=1S/C19H19N3O6/c1-25-13-4-6-15(26-2)14(10-13)21-18(23)19(24)22-20-11-12-3-5-16-17(9-12)28-8-7-27-16/h3-6,9-11H,7-8H2,1-2H3,(H,21,23)(H,22,24). The van der Waals surface area contributed by atoms with E-state index in [0.717, 1.165) is 0 Å². The monoisotopic (exact) mass is 385 g/mol. The fourth-order valence-corrected chi connectivity index (χ4v) is 2.45. The number of methoxy groups -OCH3 is 2. The highest BCUT2D eigenvalue weighted by molar-refractivity contribution is 6.39. The van der Waals surface area contributed by atoms with Crippen LogP contribution in [0.4, 0.5) is 5.69 Å². The summed E-state index contributed by atoms with van der Waals surface area (Å²) in [5.41, 5.74) is 3.16. The molecular weight excluding hydrogens is 366 g/mol. The van der Waals surface area contributed by atoms with Gasteiger partial charge < -0.3 is 24.3 Å². The molecule has 0 fully saturated rings. The highest BCUT2D eigenvalue weighted by Gasteiger charge is 2.16. The number of fused-ring (bicyclic) bond motifs is 1. The average molecular weight is 385 g/mol. The van der Waals surface area contributed by atoms with Crippen LogP contribution in [-0.2, 0) is 9.59 Å². The first-order valence-electron chi connectivity index (χ1n) is 8.37. The number of anilines is 1. The van der Waals surface area contributed by atoms with Crippen LogP contribution in [0.2, 0.25) is 0 Å². The van der Waals surface area contributed by atoms with E-state index in [1.165, 1.54) is 20.4 Å². The SMILES string of the molecule is COc1ccc(OC)c(NC(=O)C(=O)NN=Cc2ccc3c(c2)OCCO3)c1. The van der Waals surface area contributed by atoms with E-state index in [1.807, 2.05) is 0 Å². The lowest BCUT2D eigenvalue weighted by molar-refractivity contribution is -0.136. The molecule has 0 aliphatic carbocycles. The van der Waals surface area contributed by atoms with Gasteiger partial charge in [0.15, 0.2) is 11.5 Å². The van der Waals surface area contributed by atoms with Crippen molar-refractivity contribution >= 4 is 23.7 Å². The summed E-state index contributed by atoms with van der Waals surface area (Å²) >= 11 is 0. The first kappa shape index (κ1) is 19.0. The molecule has 0 unspecified atom stereocenters. The summed E-state index contributed by atoms with van der Waals surface area (Å²) in [4.78, 5) is 24.1. The van der Waals surface area contributed by atoms with Crippen molar-refractivity contribution in [3.05, 3.63) is 42.0 Å². The third kappa shape index (κ3) is 4.50. The van der Waals surface area contributed by atoms with E-state index in [2.05, 4.69) is 15.8 Å². The summed E-state index contributed by atoms with van der Waals surface area (Å²) in [5, 5.41) is 6.25. The topological polar surface area (TPSA) is 107 Å². The molecule has 3 rings (SSSR count). The normalized spacial score (nSPS) is 12.4. The van der Waals surface area contributed by atoms with Gasteiger partial charge in [0, 0.05) is 6.07 Å². The van der Waals surface area contributed by atoms with Crippen molar-refractivity contribution in [2.45, 2.75) is 0 Å². The maximum atomic E-state index is 12.1. The summed E-state index contributed by atoms with van der Waals surface area (Å²) < 4.78 is 21.2. The first-order valence-corrected chi connectivity index (χ1v) is 8.37. The van der Waals surface area contributed by atoms with Crippen molar-refractivity contribution < 1.29 is 28.5 Å². The number of hydrogen-bond acceptors (Lipinski definition) is 7. The fourth-order valence-electron chi connectivity index (χ4n) is 2.45. The molecule has 2 amide bonds. The molecule has 28 heavy (non-hydrogen) atoms. The maximum Gasteiger partial charge on any atom is 0.329 e. The molecule has 0 saturated carbocycles. The fraction of sp³-hybridized carbons (Fsp3) is 0.211. The Balaban J connectivity index is 1.60. The largest absolute Gasteiger partial charge is 0.497 e. The summed E-state index contributed by atoms with van der Waals surface area (Å²) in [7, 11) is 2.95. The number of amides is 2. The molecule has 0 bridgehead atoms. The number of carbonyl (C=O) groups excluding carboxylic acids is 2. The minimum absolute atomic E-state index is 0.304. The summed E-state index contributed by atoms with van der Waals surface area (Å²) in [6.45, 7) is 0.974. The first-order chi connectivity index (χ1) is 13.6. The molecule has 1 heterocycles. The molecule has 9 nitrogen and oxygen atoms in total. The Morgan fingerprint density at radius 2 is 1.79 bits per heavy atom. The van der Waals surface area contributed by atoms with Crippen molar-refractivity contribution in [1.82, 2.24) is 5.43 Å². The molecule has 0 spiro atoms. The number of carbonyl (C=O) groups is 2. The Bertz CT molecular complexity index is 913. The molecule has 1 aliphatic rings. The van der Waals surface area contributed by atoms with Gasteiger partial charge in [-0.25, -0.2) is 5.43 Å². The molecule has 0 atom stereocenters. The number of rotatable bonds is 5. The van der Waals surface area contributed by atoms with Crippen LogP contribution in [0.3, 0.4) is 0 Å². The third-order valence-corrected chi connectivity index (χ3v) is 3.81. The number of ether oxygens (including phenoxy) is 4. The molecule has 2 aromatic rings. The highest BCUT2D eigenvalue weighted by Crippen LogP contribution is 2.30. The molecular formula is C19H19N3O6. The van der Waals surface area contributed by atoms with Crippen LogP contribution in [0.5, 0.6) is 23.0 Å². The van der Waals surface area contributed by atoms with E-state index < -0.39 is 11.8 Å². The van der Waals surface area contributed by atoms with E-state index in [4.69, 9.17) is 18.9 Å². The molecule has 2 aromatic carbocycles. The number of nitrogens with zero attached hydrogens (tertiary/aromatic N) is 1. The van der Waals surface area contributed by atoms with E-state index in [-0.39, 0.29) is 0 Å². The maximum absolute atomic E-state index is 12.1. The summed E-state index contributed by atoms with van der Waals surface area (Å²) in [6, 6.07) is 10.1. The van der Waals surface area contributed by atoms with Gasteiger partial charge in [-0.05, 0) is 35.9 Å². The Kier molecular flexibility index (Phi) is 5.95. The Morgan fingerprint density at radius 3 is 2.54 bits per heavy atom. The molecule has 0 radical (unpaired) electrons. The minimum Gasteiger partial charge on any atom is -0.497 e. The van der Waals surface area contributed by atoms with Gasteiger partial charge in [-0.1, -0.05) is 0 Å². The van der Waals surface area contributed by atoms with Gasteiger partial charge in [0.25, 0.3) is 0 Å². The average Bonchev–Trinajstić information content (AvgIpc) is 2.73. The van der Waals surface area contributed by atoms with Gasteiger partial charge in [0.2, 0.25) is 0 Å². The molecule has 9 heteroatoms. The Hall–Kier alpha value is -3.75. The van der Waals surface area contributed by atoms with Crippen molar-refractivity contribution in [3.63, 3.8) is 0 Å². The zero-order valence-corrected chi connectivity index (χ0v) is 15.4. The molecule has 146 valence electrons. The highest BCUT2D eigenvalue weighted by atomic mass is 16.6. The van der Waals surface area contributed by atoms with Crippen molar-refractivity contribution in [3.8, 4) is 23.0 Å². The van der Waals surface area contributed by atoms with Crippen LogP contribution in [0.15, 0.2) is 41.5 Å². The lowest BCUT2D eigenvalue weighted by Crippen LogP contribution is -2.32. The number of nitrogens with one attached hydrogen (secondary N) is 2. The van der Waals surface area contributed by atoms with Gasteiger partial charge >= 0.3 is 11.8 Å². The minimum atomic E-state index is -0.932. The lowest BCUT2D eigenvalue weighted by Gasteiger charge is -2.18. The Morgan fingerprint density at radius 1 is 1.00 bits per heavy atom. The lowest BCUT2D eigenvalue weighted by atomic mass is 10.2. The van der Waals surface area contributed by atoms with E-state index in [1.54, 1.807) is 36.4 Å². The molecule has 1 aliphatic heterocycles. The summed E-state index contributed by atoms with van der Waals surface area (Å²) in [6.07, 6.45) is 1.40. The zero-order valence-electron chi connectivity index (χ0n) is 15.4. The zero-order chi connectivity index (χ0) is 19.9. The van der Waals surface area contributed by atoms with Crippen molar-refractivity contribution in [2.24, 2.45) is 5.10 Å². The molecule has 0 saturated heterocycles. The second-order valence-electron chi connectivity index (χ2n) is 5.62. The number of hydrazone groups is 1. The van der Waals surface area contributed by atoms with Gasteiger partial charge in [0.1, 0.15) is 24.7 Å². The second-order valence-corrected chi connectivity index (χ2v) is 5.62. The van der Waals surface area contributed by atoms with Crippen LogP contribution in [0.1, 0.15) is 5.56 Å². The number of hydrogen-bond donors (Lipinski definition) is 2. The van der Waals surface area contributed by atoms with E-state index in [0.29, 0.717) is 47.5 Å². The van der Waals surface area contributed by atoms with Crippen molar-refractivity contribution in [1.29, 1.82) is 0 Å². The van der Waals surface area contributed by atoms with Crippen LogP contribution in [0, 0.1) is 0 Å². The summed E-state index contributed by atoms with van der Waals surface area (Å²) in [5.74, 6) is 0.322. The van der Waals surface area contributed by atoms with Crippen LogP contribution in [0.25, 0.3) is 0 Å². The smallest absolute Gasteiger partial charge is 0.329 e. The van der Waals surface area contributed by atoms with E-state index >= 15 is 0 Å². The second kappa shape index (κ2) is 8.76. The predicted molar refractivity (Wildman–Crippen MR) is 101 cm³/mol. The van der Waals surface area contributed by atoms with Gasteiger partial charge in [-0.3, -0.25) is 9.59 Å². The third-order valence-electron chi connectivity index (χ3n) is 3.81. The van der Waals surface area contributed by atoms with Crippen LogP contribution in [-0.4, -0.2) is 45.5 Å². The Labute approximate surface area is 161 Å². The quantitative estimate of drug-likeness (QED) is 0.460. The van der Waals surface area contributed by atoms with E-state index in [9.17, 15) is 9.59 Å². The van der Waals surface area contributed by atoms with Crippen LogP contribution < -0.4 is 29.7 Å². The van der Waals surface area contributed by atoms with Gasteiger partial charge in [-0.15, -0.1) is 0 Å². The predicted octanol–water partition coefficient (Wildman–Crippen LogP) is 1.56. The molecule has 2 N–H and O–H groups in total. The number of benzene rings is 2. The van der Waals surface area contributed by atoms with Gasteiger partial charge in [-0.2, -0.15) is 5.10 Å². The van der Waals surface area contributed by atoms with Gasteiger partial charge in [0.05, 0.1) is 26.1 Å². The van der Waals surface area contributed by atoms with Crippen LogP contribution >= 0.6 is 0 Å².